The van der Waals surface area contributed by atoms with Crippen LogP contribution in [0.5, 0.6) is 0 Å². The van der Waals surface area contributed by atoms with E-state index in [0.717, 1.165) is 23.8 Å². The van der Waals surface area contributed by atoms with Gasteiger partial charge in [-0.1, -0.05) is 25.3 Å². The Labute approximate surface area is 147 Å². The van der Waals surface area contributed by atoms with Crippen LogP contribution in [0.15, 0.2) is 28.6 Å². The normalized spacial score (nSPS) is 20.2. The number of aromatic nitrogens is 2. The minimum absolute atomic E-state index is 0.536. The van der Waals surface area contributed by atoms with Gasteiger partial charge in [-0.05, 0) is 49.9 Å². The Morgan fingerprint density at radius 1 is 1.04 bits per heavy atom. The van der Waals surface area contributed by atoms with E-state index >= 15 is 0 Å². The van der Waals surface area contributed by atoms with E-state index < -0.39 is 0 Å². The Balaban J connectivity index is 1.57. The number of hydrogen-bond acceptors (Lipinski definition) is 5. The van der Waals surface area contributed by atoms with Crippen LogP contribution in [0, 0.1) is 5.41 Å². The minimum Gasteiger partial charge on any atom is -0.356 e. The standard InChI is InChI=1S/C19H24N4S/c1-20-18-22-16(13-24-18)15-7-5-8-17(21-15)23-12-6-11-19(14-23)9-3-2-4-10-19/h5,7-8,13H,1-4,6,9-12,14H2. The van der Waals surface area contributed by atoms with Gasteiger partial charge in [0.25, 0.3) is 0 Å². The Morgan fingerprint density at radius 3 is 2.67 bits per heavy atom. The molecule has 0 N–H and O–H groups in total. The maximum atomic E-state index is 4.90. The van der Waals surface area contributed by atoms with Gasteiger partial charge in [-0.25, -0.2) is 15.0 Å². The van der Waals surface area contributed by atoms with Crippen LogP contribution >= 0.6 is 11.3 Å². The van der Waals surface area contributed by atoms with Crippen LogP contribution in [0.1, 0.15) is 44.9 Å². The van der Waals surface area contributed by atoms with Crippen LogP contribution in [-0.4, -0.2) is 29.8 Å². The molecule has 0 amide bonds. The summed E-state index contributed by atoms with van der Waals surface area (Å²) in [7, 11) is 0. The van der Waals surface area contributed by atoms with Gasteiger partial charge in [0.1, 0.15) is 11.5 Å². The topological polar surface area (TPSA) is 41.4 Å². The summed E-state index contributed by atoms with van der Waals surface area (Å²) in [5, 5.41) is 2.71. The molecular formula is C19H24N4S. The summed E-state index contributed by atoms with van der Waals surface area (Å²) >= 11 is 1.51. The highest BCUT2D eigenvalue weighted by Gasteiger charge is 2.36. The van der Waals surface area contributed by atoms with Gasteiger partial charge in [0.05, 0.1) is 5.69 Å². The van der Waals surface area contributed by atoms with Gasteiger partial charge in [-0.3, -0.25) is 0 Å². The molecule has 1 saturated carbocycles. The van der Waals surface area contributed by atoms with Crippen molar-refractivity contribution in [2.75, 3.05) is 18.0 Å². The van der Waals surface area contributed by atoms with Crippen LogP contribution in [-0.2, 0) is 0 Å². The van der Waals surface area contributed by atoms with Crippen molar-refractivity contribution in [1.82, 2.24) is 9.97 Å². The maximum absolute atomic E-state index is 4.90. The first-order chi connectivity index (χ1) is 11.8. The average Bonchev–Trinajstić information content (AvgIpc) is 3.12. The van der Waals surface area contributed by atoms with Crippen molar-refractivity contribution in [2.24, 2.45) is 10.4 Å². The van der Waals surface area contributed by atoms with Gasteiger partial charge in [0.2, 0.25) is 5.13 Å². The fourth-order valence-corrected chi connectivity index (χ4v) is 4.93. The fraction of sp³-hybridized carbons (Fsp3) is 0.526. The van der Waals surface area contributed by atoms with E-state index in [0.29, 0.717) is 10.5 Å². The first kappa shape index (κ1) is 15.8. The quantitative estimate of drug-likeness (QED) is 0.731. The Bertz CT molecular complexity index is 712. The molecule has 2 aromatic heterocycles. The van der Waals surface area contributed by atoms with E-state index in [9.17, 15) is 0 Å². The van der Waals surface area contributed by atoms with Gasteiger partial charge in [-0.15, -0.1) is 11.3 Å². The second-order valence-corrected chi connectivity index (χ2v) is 7.98. The minimum atomic E-state index is 0.536. The summed E-state index contributed by atoms with van der Waals surface area (Å²) in [6.07, 6.45) is 9.68. The zero-order chi connectivity index (χ0) is 16.4. The zero-order valence-electron chi connectivity index (χ0n) is 14.1. The van der Waals surface area contributed by atoms with Crippen molar-refractivity contribution in [3.05, 3.63) is 23.6 Å². The summed E-state index contributed by atoms with van der Waals surface area (Å²) in [6.45, 7) is 5.83. The van der Waals surface area contributed by atoms with Crippen LogP contribution in [0.25, 0.3) is 11.4 Å². The lowest BCUT2D eigenvalue weighted by atomic mass is 9.69. The van der Waals surface area contributed by atoms with Crippen molar-refractivity contribution in [2.45, 2.75) is 44.9 Å². The van der Waals surface area contributed by atoms with Crippen LogP contribution in [0.4, 0.5) is 10.9 Å². The second-order valence-electron chi connectivity index (χ2n) is 7.14. The van der Waals surface area contributed by atoms with Crippen molar-refractivity contribution in [3.63, 3.8) is 0 Å². The molecule has 1 aliphatic heterocycles. The number of pyridine rings is 1. The molecule has 24 heavy (non-hydrogen) atoms. The fourth-order valence-electron chi connectivity index (χ4n) is 4.31. The van der Waals surface area contributed by atoms with E-state index in [1.54, 1.807) is 0 Å². The third-order valence-electron chi connectivity index (χ3n) is 5.52. The molecule has 2 fully saturated rings. The highest BCUT2D eigenvalue weighted by molar-refractivity contribution is 7.13. The summed E-state index contributed by atoms with van der Waals surface area (Å²) in [5.41, 5.74) is 2.37. The Morgan fingerprint density at radius 2 is 1.88 bits per heavy atom. The van der Waals surface area contributed by atoms with Crippen LogP contribution < -0.4 is 4.90 Å². The van der Waals surface area contributed by atoms with Crippen LogP contribution in [0.2, 0.25) is 0 Å². The lowest BCUT2D eigenvalue weighted by molar-refractivity contribution is 0.155. The molecular weight excluding hydrogens is 316 g/mol. The molecule has 126 valence electrons. The van der Waals surface area contributed by atoms with Gasteiger partial charge in [0, 0.05) is 18.5 Å². The molecule has 4 rings (SSSR count). The van der Waals surface area contributed by atoms with E-state index in [1.165, 1.54) is 62.8 Å². The predicted octanol–water partition coefficient (Wildman–Crippen LogP) is 5.09. The molecule has 0 atom stereocenters. The highest BCUT2D eigenvalue weighted by Crippen LogP contribution is 2.44. The van der Waals surface area contributed by atoms with E-state index in [-0.39, 0.29) is 0 Å². The zero-order valence-corrected chi connectivity index (χ0v) is 14.9. The van der Waals surface area contributed by atoms with E-state index in [4.69, 9.17) is 4.98 Å². The molecule has 2 aliphatic rings. The average molecular weight is 340 g/mol. The molecule has 2 aromatic rings. The number of hydrogen-bond donors (Lipinski definition) is 0. The first-order valence-electron chi connectivity index (χ1n) is 8.93. The van der Waals surface area contributed by atoms with Crippen LogP contribution in [0.3, 0.4) is 0 Å². The summed E-state index contributed by atoms with van der Waals surface area (Å²) in [6, 6.07) is 6.27. The first-order valence-corrected chi connectivity index (χ1v) is 9.81. The monoisotopic (exact) mass is 340 g/mol. The third kappa shape index (κ3) is 3.09. The SMILES string of the molecule is C=Nc1nc(-c2cccc(N3CCCC4(CCCCC4)C3)n2)cs1. The molecule has 1 spiro atoms. The predicted molar refractivity (Wildman–Crippen MR) is 102 cm³/mol. The molecule has 0 unspecified atom stereocenters. The molecule has 0 bridgehead atoms. The maximum Gasteiger partial charge on any atom is 0.209 e. The van der Waals surface area contributed by atoms with Crippen molar-refractivity contribution >= 4 is 29.0 Å². The van der Waals surface area contributed by atoms with Gasteiger partial charge >= 0.3 is 0 Å². The van der Waals surface area contributed by atoms with Crippen molar-refractivity contribution < 1.29 is 0 Å². The van der Waals surface area contributed by atoms with Gasteiger partial charge < -0.3 is 4.90 Å². The summed E-state index contributed by atoms with van der Waals surface area (Å²) in [5.74, 6) is 1.10. The van der Waals surface area contributed by atoms with Crippen molar-refractivity contribution in [3.8, 4) is 11.4 Å². The number of anilines is 1. The number of aliphatic imine (C=N–C) groups is 1. The summed E-state index contributed by atoms with van der Waals surface area (Å²) in [4.78, 5) is 15.8. The molecule has 0 radical (unpaired) electrons. The smallest absolute Gasteiger partial charge is 0.209 e. The van der Waals surface area contributed by atoms with Gasteiger partial charge in [0.15, 0.2) is 0 Å². The highest BCUT2D eigenvalue weighted by atomic mass is 32.1. The van der Waals surface area contributed by atoms with Crippen molar-refractivity contribution in [1.29, 1.82) is 0 Å². The molecule has 5 heteroatoms. The molecule has 1 aliphatic carbocycles. The number of thiazole rings is 1. The number of nitrogens with zero attached hydrogens (tertiary/aromatic N) is 4. The molecule has 3 heterocycles. The molecule has 0 aromatic carbocycles. The number of rotatable bonds is 3. The molecule has 4 nitrogen and oxygen atoms in total. The lowest BCUT2D eigenvalue weighted by Gasteiger charge is -2.45. The third-order valence-corrected chi connectivity index (χ3v) is 6.30. The lowest BCUT2D eigenvalue weighted by Crippen LogP contribution is -2.44. The largest absolute Gasteiger partial charge is 0.356 e. The van der Waals surface area contributed by atoms with Gasteiger partial charge in [-0.2, -0.15) is 0 Å². The molecule has 1 saturated heterocycles. The summed E-state index contributed by atoms with van der Waals surface area (Å²) < 4.78 is 0. The van der Waals surface area contributed by atoms with E-state index in [2.05, 4.69) is 33.7 Å². The Hall–Kier alpha value is -1.75. The van der Waals surface area contributed by atoms with E-state index in [1.807, 2.05) is 11.4 Å². The second kappa shape index (κ2) is 6.63. The number of piperidine rings is 1. The Kier molecular flexibility index (Phi) is 4.35.